The minimum absolute atomic E-state index is 0.0281. The van der Waals surface area contributed by atoms with Crippen LogP contribution < -0.4 is 5.73 Å². The first-order chi connectivity index (χ1) is 9.77. The third kappa shape index (κ3) is 3.88. The number of aromatic nitrogens is 2. The average molecular weight is 291 g/mol. The highest BCUT2D eigenvalue weighted by Crippen LogP contribution is 2.41. The molecule has 1 aliphatic carbocycles. The van der Waals surface area contributed by atoms with Crippen LogP contribution in [0.5, 0.6) is 0 Å². The fraction of sp³-hybridized carbons (Fsp3) is 0.833. The number of hydrogen-bond acceptors (Lipinski definition) is 2. The molecule has 2 N–H and O–H groups in total. The number of rotatable bonds is 4. The van der Waals surface area contributed by atoms with Gasteiger partial charge in [-0.2, -0.15) is 5.10 Å². The van der Waals surface area contributed by atoms with Crippen molar-refractivity contribution >= 4 is 0 Å². The minimum Gasteiger partial charge on any atom is -0.325 e. The van der Waals surface area contributed by atoms with Crippen LogP contribution in [0.2, 0.25) is 0 Å². The summed E-state index contributed by atoms with van der Waals surface area (Å²) in [6.07, 6.45) is 6.80. The predicted molar refractivity (Wildman–Crippen MR) is 89.3 cm³/mol. The molecule has 3 nitrogen and oxygen atoms in total. The van der Waals surface area contributed by atoms with Crippen molar-refractivity contribution in [3.05, 3.63) is 17.5 Å². The second kappa shape index (κ2) is 6.12. The molecule has 0 spiro atoms. The summed E-state index contributed by atoms with van der Waals surface area (Å²) in [5.41, 5.74) is 9.64. The lowest BCUT2D eigenvalue weighted by molar-refractivity contribution is 0.133. The molecule has 0 aromatic carbocycles. The molecule has 0 amide bonds. The molecule has 1 aromatic heterocycles. The molecule has 0 unspecified atom stereocenters. The van der Waals surface area contributed by atoms with Crippen LogP contribution in [-0.4, -0.2) is 15.3 Å². The van der Waals surface area contributed by atoms with Crippen molar-refractivity contribution in [2.45, 2.75) is 85.2 Å². The van der Waals surface area contributed by atoms with Crippen LogP contribution in [0.1, 0.15) is 71.7 Å². The Morgan fingerprint density at radius 1 is 1.29 bits per heavy atom. The molecule has 21 heavy (non-hydrogen) atoms. The van der Waals surface area contributed by atoms with Gasteiger partial charge in [0.2, 0.25) is 0 Å². The van der Waals surface area contributed by atoms with Gasteiger partial charge in [0.25, 0.3) is 0 Å². The fourth-order valence-corrected chi connectivity index (χ4v) is 3.70. The van der Waals surface area contributed by atoms with Crippen LogP contribution in [-0.2, 0) is 19.4 Å². The molecule has 1 saturated carbocycles. The van der Waals surface area contributed by atoms with Gasteiger partial charge in [0.15, 0.2) is 0 Å². The summed E-state index contributed by atoms with van der Waals surface area (Å²) >= 11 is 0. The molecule has 1 fully saturated rings. The Morgan fingerprint density at radius 3 is 2.38 bits per heavy atom. The quantitative estimate of drug-likeness (QED) is 0.913. The van der Waals surface area contributed by atoms with E-state index in [4.69, 9.17) is 5.73 Å². The SMILES string of the molecule is CCc1cc(CC2(N)CCC(C(C)(C)C)CC2)n(CC)n1. The summed E-state index contributed by atoms with van der Waals surface area (Å²) in [6.45, 7) is 12.4. The van der Waals surface area contributed by atoms with Crippen molar-refractivity contribution in [2.24, 2.45) is 17.1 Å². The molecule has 0 bridgehead atoms. The van der Waals surface area contributed by atoms with Crippen molar-refractivity contribution in [1.29, 1.82) is 0 Å². The lowest BCUT2D eigenvalue weighted by Crippen LogP contribution is -2.47. The van der Waals surface area contributed by atoms with E-state index in [9.17, 15) is 0 Å². The maximum atomic E-state index is 6.73. The van der Waals surface area contributed by atoms with Crippen LogP contribution in [0.4, 0.5) is 0 Å². The summed E-state index contributed by atoms with van der Waals surface area (Å²) < 4.78 is 2.14. The number of hydrogen-bond donors (Lipinski definition) is 1. The van der Waals surface area contributed by atoms with Crippen LogP contribution >= 0.6 is 0 Å². The van der Waals surface area contributed by atoms with Crippen LogP contribution in [0.3, 0.4) is 0 Å². The van der Waals surface area contributed by atoms with Gasteiger partial charge in [0.1, 0.15) is 0 Å². The highest BCUT2D eigenvalue weighted by atomic mass is 15.3. The first-order valence-corrected chi connectivity index (χ1v) is 8.62. The predicted octanol–water partition coefficient (Wildman–Crippen LogP) is 3.94. The van der Waals surface area contributed by atoms with E-state index in [1.165, 1.54) is 24.2 Å². The Balaban J connectivity index is 2.05. The Morgan fingerprint density at radius 2 is 1.90 bits per heavy atom. The second-order valence-corrected chi connectivity index (χ2v) is 7.98. The van der Waals surface area contributed by atoms with Gasteiger partial charge in [-0.25, -0.2) is 0 Å². The minimum atomic E-state index is -0.0281. The van der Waals surface area contributed by atoms with Gasteiger partial charge in [-0.05, 0) is 56.4 Å². The van der Waals surface area contributed by atoms with Crippen LogP contribution in [0.25, 0.3) is 0 Å². The third-order valence-corrected chi connectivity index (χ3v) is 5.31. The van der Waals surface area contributed by atoms with Gasteiger partial charge in [-0.1, -0.05) is 27.7 Å². The maximum Gasteiger partial charge on any atom is 0.0624 e. The van der Waals surface area contributed by atoms with Gasteiger partial charge in [0, 0.05) is 24.2 Å². The molecule has 3 heteroatoms. The van der Waals surface area contributed by atoms with Crippen molar-refractivity contribution < 1.29 is 0 Å². The van der Waals surface area contributed by atoms with Crippen LogP contribution in [0, 0.1) is 11.3 Å². The van der Waals surface area contributed by atoms with Gasteiger partial charge in [-0.3, -0.25) is 4.68 Å². The smallest absolute Gasteiger partial charge is 0.0624 e. The average Bonchev–Trinajstić information content (AvgIpc) is 2.79. The van der Waals surface area contributed by atoms with Crippen LogP contribution in [0.15, 0.2) is 6.07 Å². The van der Waals surface area contributed by atoms with E-state index >= 15 is 0 Å². The standard InChI is InChI=1S/C18H33N3/c1-6-15-12-16(21(7-2)20-15)13-18(19)10-8-14(9-11-18)17(3,4)5/h12,14H,6-11,13,19H2,1-5H3. The first kappa shape index (κ1) is 16.5. The Hall–Kier alpha value is -0.830. The summed E-state index contributed by atoms with van der Waals surface area (Å²) in [6, 6.07) is 2.26. The van der Waals surface area contributed by atoms with Crippen molar-refractivity contribution in [3.63, 3.8) is 0 Å². The monoisotopic (exact) mass is 291 g/mol. The molecule has 0 atom stereocenters. The van der Waals surface area contributed by atoms with E-state index in [0.29, 0.717) is 5.41 Å². The Labute approximate surface area is 130 Å². The largest absolute Gasteiger partial charge is 0.325 e. The van der Waals surface area contributed by atoms with E-state index in [0.717, 1.165) is 38.1 Å². The van der Waals surface area contributed by atoms with Gasteiger partial charge >= 0.3 is 0 Å². The Bertz CT molecular complexity index is 459. The molecule has 0 radical (unpaired) electrons. The zero-order chi connectivity index (χ0) is 15.7. The molecule has 1 aliphatic rings. The first-order valence-electron chi connectivity index (χ1n) is 8.62. The van der Waals surface area contributed by atoms with E-state index in [1.807, 2.05) is 0 Å². The lowest BCUT2D eigenvalue weighted by Gasteiger charge is -2.42. The zero-order valence-electron chi connectivity index (χ0n) is 14.6. The summed E-state index contributed by atoms with van der Waals surface area (Å²) in [5, 5.41) is 4.66. The summed E-state index contributed by atoms with van der Waals surface area (Å²) in [7, 11) is 0. The topological polar surface area (TPSA) is 43.8 Å². The van der Waals surface area contributed by atoms with E-state index in [2.05, 4.69) is 50.5 Å². The molecular weight excluding hydrogens is 258 g/mol. The van der Waals surface area contributed by atoms with E-state index in [-0.39, 0.29) is 5.54 Å². The van der Waals surface area contributed by atoms with E-state index in [1.54, 1.807) is 0 Å². The third-order valence-electron chi connectivity index (χ3n) is 5.31. The van der Waals surface area contributed by atoms with E-state index < -0.39 is 0 Å². The van der Waals surface area contributed by atoms with Crippen molar-refractivity contribution in [3.8, 4) is 0 Å². The number of aryl methyl sites for hydroxylation is 2. The summed E-state index contributed by atoms with van der Waals surface area (Å²) in [4.78, 5) is 0. The molecule has 1 heterocycles. The molecule has 120 valence electrons. The van der Waals surface area contributed by atoms with Gasteiger partial charge in [0.05, 0.1) is 5.69 Å². The van der Waals surface area contributed by atoms with Crippen molar-refractivity contribution in [1.82, 2.24) is 9.78 Å². The molecule has 0 saturated heterocycles. The molecule has 1 aromatic rings. The number of nitrogens with zero attached hydrogens (tertiary/aromatic N) is 2. The zero-order valence-corrected chi connectivity index (χ0v) is 14.6. The Kier molecular flexibility index (Phi) is 4.82. The highest BCUT2D eigenvalue weighted by molar-refractivity contribution is 5.14. The molecule has 2 rings (SSSR count). The lowest BCUT2D eigenvalue weighted by atomic mass is 9.66. The fourth-order valence-electron chi connectivity index (χ4n) is 3.70. The number of nitrogens with two attached hydrogens (primary N) is 1. The maximum absolute atomic E-state index is 6.73. The molecular formula is C18H33N3. The highest BCUT2D eigenvalue weighted by Gasteiger charge is 2.36. The van der Waals surface area contributed by atoms with Gasteiger partial charge in [-0.15, -0.1) is 0 Å². The summed E-state index contributed by atoms with van der Waals surface area (Å²) in [5.74, 6) is 0.816. The second-order valence-electron chi connectivity index (χ2n) is 7.98. The normalized spacial score (nSPS) is 27.0. The van der Waals surface area contributed by atoms with Crippen molar-refractivity contribution in [2.75, 3.05) is 0 Å². The van der Waals surface area contributed by atoms with Gasteiger partial charge < -0.3 is 5.73 Å². The molecule has 0 aliphatic heterocycles.